The zero-order chi connectivity index (χ0) is 15.2. The van der Waals surface area contributed by atoms with E-state index in [1.165, 1.54) is 5.56 Å². The van der Waals surface area contributed by atoms with E-state index in [4.69, 9.17) is 15.5 Å². The molecule has 4 heteroatoms. The highest BCUT2D eigenvalue weighted by molar-refractivity contribution is 5.76. The Morgan fingerprint density at radius 2 is 1.73 bits per heavy atom. The van der Waals surface area contributed by atoms with Crippen molar-refractivity contribution in [1.82, 2.24) is 9.55 Å². The molecule has 0 unspecified atom stereocenters. The van der Waals surface area contributed by atoms with E-state index in [2.05, 4.69) is 41.0 Å². The largest absolute Gasteiger partial charge is 0.378 e. The summed E-state index contributed by atoms with van der Waals surface area (Å²) in [6.45, 7) is 2.60. The standard InChI is InChI=1S/C18H21N3O/c19-10-12-22-13-11-21-17-9-5-4-8-16(17)20-18(21)14-15-6-2-1-3-7-15/h1-9H,10-14,19H2. The number of nitrogens with zero attached hydrogens (tertiary/aromatic N) is 2. The summed E-state index contributed by atoms with van der Waals surface area (Å²) in [7, 11) is 0. The van der Waals surface area contributed by atoms with Gasteiger partial charge in [-0.3, -0.25) is 0 Å². The minimum atomic E-state index is 0.557. The summed E-state index contributed by atoms with van der Waals surface area (Å²) in [5, 5.41) is 0. The molecule has 3 rings (SSSR count). The molecule has 0 aliphatic carbocycles. The van der Waals surface area contributed by atoms with Crippen molar-refractivity contribution < 1.29 is 4.74 Å². The Balaban J connectivity index is 1.87. The van der Waals surface area contributed by atoms with E-state index >= 15 is 0 Å². The second kappa shape index (κ2) is 7.20. The Bertz CT molecular complexity index is 722. The quantitative estimate of drug-likeness (QED) is 0.682. The summed E-state index contributed by atoms with van der Waals surface area (Å²) < 4.78 is 7.79. The van der Waals surface area contributed by atoms with Gasteiger partial charge in [-0.2, -0.15) is 0 Å². The molecule has 0 fully saturated rings. The highest BCUT2D eigenvalue weighted by atomic mass is 16.5. The van der Waals surface area contributed by atoms with Crippen LogP contribution in [0.3, 0.4) is 0 Å². The van der Waals surface area contributed by atoms with Gasteiger partial charge in [0.05, 0.1) is 24.2 Å². The highest BCUT2D eigenvalue weighted by Gasteiger charge is 2.10. The predicted molar refractivity (Wildman–Crippen MR) is 88.9 cm³/mol. The van der Waals surface area contributed by atoms with Gasteiger partial charge in [0.2, 0.25) is 0 Å². The Labute approximate surface area is 130 Å². The fourth-order valence-electron chi connectivity index (χ4n) is 2.63. The van der Waals surface area contributed by atoms with Crippen molar-refractivity contribution in [3.8, 4) is 0 Å². The van der Waals surface area contributed by atoms with Crippen LogP contribution in [0.15, 0.2) is 54.6 Å². The topological polar surface area (TPSA) is 53.1 Å². The number of nitrogens with two attached hydrogens (primary N) is 1. The van der Waals surface area contributed by atoms with Crippen LogP contribution >= 0.6 is 0 Å². The summed E-state index contributed by atoms with van der Waals surface area (Å²) >= 11 is 0. The van der Waals surface area contributed by atoms with E-state index < -0.39 is 0 Å². The Hall–Kier alpha value is -2.17. The molecule has 0 bridgehead atoms. The summed E-state index contributed by atoms with van der Waals surface area (Å²) in [5.74, 6) is 1.07. The fraction of sp³-hybridized carbons (Fsp3) is 0.278. The number of imidazole rings is 1. The molecule has 22 heavy (non-hydrogen) atoms. The monoisotopic (exact) mass is 295 g/mol. The molecular weight excluding hydrogens is 274 g/mol. The van der Waals surface area contributed by atoms with Crippen molar-refractivity contribution in [3.63, 3.8) is 0 Å². The van der Waals surface area contributed by atoms with Crippen LogP contribution in [-0.4, -0.2) is 29.3 Å². The Morgan fingerprint density at radius 1 is 0.955 bits per heavy atom. The van der Waals surface area contributed by atoms with Gasteiger partial charge in [0.25, 0.3) is 0 Å². The normalized spacial score (nSPS) is 11.1. The maximum Gasteiger partial charge on any atom is 0.114 e. The molecule has 0 saturated carbocycles. The van der Waals surface area contributed by atoms with Crippen molar-refractivity contribution >= 4 is 11.0 Å². The van der Waals surface area contributed by atoms with Gasteiger partial charge < -0.3 is 15.0 Å². The average Bonchev–Trinajstić information content (AvgIpc) is 2.90. The van der Waals surface area contributed by atoms with Gasteiger partial charge in [0.1, 0.15) is 5.82 Å². The van der Waals surface area contributed by atoms with E-state index in [0.717, 1.165) is 29.8 Å². The van der Waals surface area contributed by atoms with Crippen LogP contribution in [0.5, 0.6) is 0 Å². The molecule has 1 heterocycles. The molecule has 3 aromatic rings. The number of rotatable bonds is 7. The van der Waals surface area contributed by atoms with Crippen LogP contribution in [-0.2, 0) is 17.7 Å². The predicted octanol–water partition coefficient (Wildman–Crippen LogP) is 2.60. The minimum absolute atomic E-state index is 0.557. The molecule has 0 aliphatic rings. The van der Waals surface area contributed by atoms with Crippen molar-refractivity contribution in [1.29, 1.82) is 0 Å². The molecule has 0 aliphatic heterocycles. The maximum absolute atomic E-state index is 5.54. The van der Waals surface area contributed by atoms with Gasteiger partial charge in [0, 0.05) is 19.5 Å². The van der Waals surface area contributed by atoms with Crippen molar-refractivity contribution in [2.24, 2.45) is 5.73 Å². The molecule has 0 amide bonds. The van der Waals surface area contributed by atoms with E-state index in [0.29, 0.717) is 19.8 Å². The van der Waals surface area contributed by atoms with Gasteiger partial charge in [-0.05, 0) is 17.7 Å². The third-order valence-electron chi connectivity index (χ3n) is 3.66. The van der Waals surface area contributed by atoms with Crippen molar-refractivity contribution in [3.05, 3.63) is 66.0 Å². The third kappa shape index (κ3) is 3.35. The van der Waals surface area contributed by atoms with Crippen molar-refractivity contribution in [2.75, 3.05) is 19.8 Å². The third-order valence-corrected chi connectivity index (χ3v) is 3.66. The van der Waals surface area contributed by atoms with Crippen LogP contribution in [0.4, 0.5) is 0 Å². The zero-order valence-electron chi connectivity index (χ0n) is 12.6. The van der Waals surface area contributed by atoms with Gasteiger partial charge in [-0.25, -0.2) is 4.98 Å². The van der Waals surface area contributed by atoms with Crippen LogP contribution in [0.2, 0.25) is 0 Å². The number of hydrogen-bond donors (Lipinski definition) is 1. The lowest BCUT2D eigenvalue weighted by Gasteiger charge is -2.10. The average molecular weight is 295 g/mol. The van der Waals surface area contributed by atoms with Crippen LogP contribution in [0, 0.1) is 0 Å². The van der Waals surface area contributed by atoms with Gasteiger partial charge in [-0.1, -0.05) is 42.5 Å². The van der Waals surface area contributed by atoms with Gasteiger partial charge >= 0.3 is 0 Å². The summed E-state index contributed by atoms with van der Waals surface area (Å²) in [4.78, 5) is 4.79. The first-order valence-corrected chi connectivity index (χ1v) is 7.64. The number of ether oxygens (including phenoxy) is 1. The van der Waals surface area contributed by atoms with E-state index in [9.17, 15) is 0 Å². The summed E-state index contributed by atoms with van der Waals surface area (Å²) in [6, 6.07) is 18.7. The number of hydrogen-bond acceptors (Lipinski definition) is 3. The fourth-order valence-corrected chi connectivity index (χ4v) is 2.63. The zero-order valence-corrected chi connectivity index (χ0v) is 12.6. The molecular formula is C18H21N3O. The van der Waals surface area contributed by atoms with E-state index in [1.807, 2.05) is 18.2 Å². The maximum atomic E-state index is 5.54. The molecule has 0 atom stereocenters. The molecule has 0 radical (unpaired) electrons. The van der Waals surface area contributed by atoms with Gasteiger partial charge in [0.15, 0.2) is 0 Å². The van der Waals surface area contributed by atoms with Gasteiger partial charge in [-0.15, -0.1) is 0 Å². The number of aromatic nitrogens is 2. The lowest BCUT2D eigenvalue weighted by Crippen LogP contribution is -2.14. The highest BCUT2D eigenvalue weighted by Crippen LogP contribution is 2.18. The Kier molecular flexibility index (Phi) is 4.83. The molecule has 2 N–H and O–H groups in total. The molecule has 4 nitrogen and oxygen atoms in total. The second-order valence-electron chi connectivity index (χ2n) is 5.23. The number of para-hydroxylation sites is 2. The van der Waals surface area contributed by atoms with Crippen LogP contribution in [0.1, 0.15) is 11.4 Å². The first kappa shape index (κ1) is 14.8. The minimum Gasteiger partial charge on any atom is -0.378 e. The lowest BCUT2D eigenvalue weighted by molar-refractivity contribution is 0.133. The Morgan fingerprint density at radius 3 is 2.55 bits per heavy atom. The van der Waals surface area contributed by atoms with Crippen molar-refractivity contribution in [2.45, 2.75) is 13.0 Å². The molecule has 0 spiro atoms. The number of benzene rings is 2. The number of fused-ring (bicyclic) bond motifs is 1. The molecule has 1 aromatic heterocycles. The first-order valence-electron chi connectivity index (χ1n) is 7.64. The smallest absolute Gasteiger partial charge is 0.114 e. The van der Waals surface area contributed by atoms with Crippen LogP contribution in [0.25, 0.3) is 11.0 Å². The molecule has 0 saturated heterocycles. The summed E-state index contributed by atoms with van der Waals surface area (Å²) in [5.41, 5.74) is 8.92. The molecule has 114 valence electrons. The first-order chi connectivity index (χ1) is 10.9. The summed E-state index contributed by atoms with van der Waals surface area (Å²) in [6.07, 6.45) is 0.826. The lowest BCUT2D eigenvalue weighted by atomic mass is 10.1. The SMILES string of the molecule is NCCOCCn1c(Cc2ccccc2)nc2ccccc21. The second-order valence-corrected chi connectivity index (χ2v) is 5.23. The van der Waals surface area contributed by atoms with E-state index in [1.54, 1.807) is 0 Å². The molecule has 2 aromatic carbocycles. The van der Waals surface area contributed by atoms with Crippen LogP contribution < -0.4 is 5.73 Å². The van der Waals surface area contributed by atoms with E-state index in [-0.39, 0.29) is 0 Å².